The number of hydrogen-bond acceptors (Lipinski definition) is 2. The summed E-state index contributed by atoms with van der Waals surface area (Å²) >= 11 is 0. The minimum absolute atomic E-state index is 0.0609. The Morgan fingerprint density at radius 1 is 1.50 bits per heavy atom. The van der Waals surface area contributed by atoms with Crippen molar-refractivity contribution >= 4 is 5.91 Å². The van der Waals surface area contributed by atoms with Gasteiger partial charge in [-0.25, -0.2) is 4.39 Å². The van der Waals surface area contributed by atoms with Crippen molar-refractivity contribution in [2.45, 2.75) is 19.0 Å². The summed E-state index contributed by atoms with van der Waals surface area (Å²) in [7, 11) is 1.77. The van der Waals surface area contributed by atoms with E-state index in [0.29, 0.717) is 18.7 Å². The van der Waals surface area contributed by atoms with E-state index in [1.165, 1.54) is 6.07 Å². The molecule has 4 heteroatoms. The van der Waals surface area contributed by atoms with Crippen LogP contribution in [0.2, 0.25) is 0 Å². The summed E-state index contributed by atoms with van der Waals surface area (Å²) in [6.45, 7) is 1.06. The first-order valence-electron chi connectivity index (χ1n) is 5.42. The number of likely N-dealkylation sites (tertiary alicyclic amines) is 1. The molecule has 0 radical (unpaired) electrons. The summed E-state index contributed by atoms with van der Waals surface area (Å²) in [5.41, 5.74) is 0.576. The molecular weight excluding hydrogens is 207 g/mol. The summed E-state index contributed by atoms with van der Waals surface area (Å²) in [5, 5.41) is 2.96. The van der Waals surface area contributed by atoms with E-state index >= 15 is 0 Å². The summed E-state index contributed by atoms with van der Waals surface area (Å²) in [6.07, 6.45) is 0.795. The predicted octanol–water partition coefficient (Wildman–Crippen LogP) is 1.15. The second kappa shape index (κ2) is 4.61. The smallest absolute Gasteiger partial charge is 0.240 e. The van der Waals surface area contributed by atoms with E-state index in [1.54, 1.807) is 30.1 Å². The topological polar surface area (TPSA) is 32.3 Å². The summed E-state index contributed by atoms with van der Waals surface area (Å²) in [6, 6.07) is 6.47. The number of carbonyl (C=O) groups is 1. The van der Waals surface area contributed by atoms with Crippen molar-refractivity contribution in [2.24, 2.45) is 0 Å². The van der Waals surface area contributed by atoms with Crippen LogP contribution in [0.25, 0.3) is 0 Å². The Kier molecular flexibility index (Phi) is 3.19. The quantitative estimate of drug-likeness (QED) is 0.832. The lowest BCUT2D eigenvalue weighted by Crippen LogP contribution is -2.36. The number of nitrogens with zero attached hydrogens (tertiary/aromatic N) is 1. The molecule has 0 aromatic heterocycles. The molecule has 1 aromatic rings. The van der Waals surface area contributed by atoms with Crippen LogP contribution in [0, 0.1) is 5.82 Å². The van der Waals surface area contributed by atoms with E-state index in [1.807, 2.05) is 0 Å². The standard InChI is InChI=1S/C12H15FN2O/c1-14-11-6-7-15(12(11)16)8-9-4-2-3-5-10(9)13/h2-5,11,14H,6-8H2,1H3. The van der Waals surface area contributed by atoms with Crippen LogP contribution in [-0.4, -0.2) is 30.4 Å². The molecule has 1 atom stereocenters. The molecule has 1 saturated heterocycles. The molecule has 1 unspecified atom stereocenters. The molecular formula is C12H15FN2O. The molecule has 0 aliphatic carbocycles. The van der Waals surface area contributed by atoms with Crippen molar-refractivity contribution < 1.29 is 9.18 Å². The molecule has 1 aliphatic heterocycles. The largest absolute Gasteiger partial charge is 0.337 e. The minimum Gasteiger partial charge on any atom is -0.337 e. The van der Waals surface area contributed by atoms with Crippen molar-refractivity contribution in [1.29, 1.82) is 0 Å². The van der Waals surface area contributed by atoms with E-state index in [0.717, 1.165) is 6.42 Å². The third-order valence-electron chi connectivity index (χ3n) is 2.96. The molecule has 1 heterocycles. The summed E-state index contributed by atoms with van der Waals surface area (Å²) in [5.74, 6) is -0.186. The van der Waals surface area contributed by atoms with Crippen LogP contribution in [0.4, 0.5) is 4.39 Å². The first-order chi connectivity index (χ1) is 7.72. The number of benzene rings is 1. The van der Waals surface area contributed by atoms with Gasteiger partial charge in [-0.1, -0.05) is 18.2 Å². The van der Waals surface area contributed by atoms with Gasteiger partial charge in [-0.05, 0) is 19.5 Å². The summed E-state index contributed by atoms with van der Waals surface area (Å²) < 4.78 is 13.4. The number of halogens is 1. The molecule has 0 bridgehead atoms. The molecule has 3 nitrogen and oxygen atoms in total. The Bertz CT molecular complexity index is 394. The Hall–Kier alpha value is -1.42. The lowest BCUT2D eigenvalue weighted by molar-refractivity contribution is -0.129. The third-order valence-corrected chi connectivity index (χ3v) is 2.96. The van der Waals surface area contributed by atoms with Gasteiger partial charge in [-0.2, -0.15) is 0 Å². The Morgan fingerprint density at radius 3 is 2.88 bits per heavy atom. The van der Waals surface area contributed by atoms with Crippen LogP contribution >= 0.6 is 0 Å². The molecule has 0 spiro atoms. The zero-order valence-corrected chi connectivity index (χ0v) is 9.24. The number of nitrogens with one attached hydrogen (secondary N) is 1. The highest BCUT2D eigenvalue weighted by Gasteiger charge is 2.30. The maximum absolute atomic E-state index is 13.4. The van der Waals surface area contributed by atoms with Crippen molar-refractivity contribution in [2.75, 3.05) is 13.6 Å². The molecule has 1 fully saturated rings. The fraction of sp³-hybridized carbons (Fsp3) is 0.417. The van der Waals surface area contributed by atoms with Gasteiger partial charge in [0.1, 0.15) is 5.82 Å². The van der Waals surface area contributed by atoms with Crippen LogP contribution in [0.5, 0.6) is 0 Å². The molecule has 0 saturated carbocycles. The first kappa shape index (κ1) is 11.1. The van der Waals surface area contributed by atoms with Crippen LogP contribution in [0.1, 0.15) is 12.0 Å². The zero-order valence-electron chi connectivity index (χ0n) is 9.24. The second-order valence-electron chi connectivity index (χ2n) is 3.98. The summed E-state index contributed by atoms with van der Waals surface area (Å²) in [4.78, 5) is 13.5. The third kappa shape index (κ3) is 2.07. The average molecular weight is 222 g/mol. The predicted molar refractivity (Wildman–Crippen MR) is 59.3 cm³/mol. The normalized spacial score (nSPS) is 20.5. The molecule has 1 amide bonds. The van der Waals surface area contributed by atoms with Gasteiger partial charge in [-0.15, -0.1) is 0 Å². The van der Waals surface area contributed by atoms with Gasteiger partial charge < -0.3 is 10.2 Å². The van der Waals surface area contributed by atoms with Gasteiger partial charge in [-0.3, -0.25) is 4.79 Å². The Labute approximate surface area is 94.3 Å². The molecule has 1 aromatic carbocycles. The van der Waals surface area contributed by atoms with E-state index in [9.17, 15) is 9.18 Å². The highest BCUT2D eigenvalue weighted by Crippen LogP contribution is 2.16. The van der Waals surface area contributed by atoms with Gasteiger partial charge in [0.15, 0.2) is 0 Å². The average Bonchev–Trinajstić information content (AvgIpc) is 2.63. The monoisotopic (exact) mass is 222 g/mol. The lowest BCUT2D eigenvalue weighted by Gasteiger charge is -2.16. The van der Waals surface area contributed by atoms with E-state index in [-0.39, 0.29) is 17.8 Å². The fourth-order valence-electron chi connectivity index (χ4n) is 2.00. The number of amides is 1. The zero-order chi connectivity index (χ0) is 11.5. The Balaban J connectivity index is 2.07. The van der Waals surface area contributed by atoms with Gasteiger partial charge in [0.2, 0.25) is 5.91 Å². The molecule has 1 N–H and O–H groups in total. The maximum Gasteiger partial charge on any atom is 0.240 e. The molecule has 1 aliphatic rings. The van der Waals surface area contributed by atoms with E-state index < -0.39 is 0 Å². The second-order valence-corrected chi connectivity index (χ2v) is 3.98. The number of carbonyl (C=O) groups excluding carboxylic acids is 1. The SMILES string of the molecule is CNC1CCN(Cc2ccccc2F)C1=O. The van der Waals surface area contributed by atoms with E-state index in [2.05, 4.69) is 5.32 Å². The molecule has 86 valence electrons. The first-order valence-corrected chi connectivity index (χ1v) is 5.42. The highest BCUT2D eigenvalue weighted by atomic mass is 19.1. The van der Waals surface area contributed by atoms with Gasteiger partial charge >= 0.3 is 0 Å². The van der Waals surface area contributed by atoms with Crippen molar-refractivity contribution in [3.8, 4) is 0 Å². The molecule has 16 heavy (non-hydrogen) atoms. The van der Waals surface area contributed by atoms with Gasteiger partial charge in [0, 0.05) is 18.7 Å². The highest BCUT2D eigenvalue weighted by molar-refractivity contribution is 5.83. The number of rotatable bonds is 3. The van der Waals surface area contributed by atoms with Crippen molar-refractivity contribution in [3.05, 3.63) is 35.6 Å². The van der Waals surface area contributed by atoms with Crippen molar-refractivity contribution in [3.63, 3.8) is 0 Å². The van der Waals surface area contributed by atoms with Crippen LogP contribution in [0.3, 0.4) is 0 Å². The van der Waals surface area contributed by atoms with Crippen LogP contribution in [-0.2, 0) is 11.3 Å². The number of likely N-dealkylation sites (N-methyl/N-ethyl adjacent to an activating group) is 1. The minimum atomic E-state index is -0.247. The van der Waals surface area contributed by atoms with E-state index in [4.69, 9.17) is 0 Å². The van der Waals surface area contributed by atoms with Crippen LogP contribution in [0.15, 0.2) is 24.3 Å². The lowest BCUT2D eigenvalue weighted by atomic mass is 10.2. The van der Waals surface area contributed by atoms with Crippen molar-refractivity contribution in [1.82, 2.24) is 10.2 Å². The Morgan fingerprint density at radius 2 is 2.25 bits per heavy atom. The van der Waals surface area contributed by atoms with Crippen LogP contribution < -0.4 is 5.32 Å². The van der Waals surface area contributed by atoms with Gasteiger partial charge in [0.05, 0.1) is 6.04 Å². The van der Waals surface area contributed by atoms with Gasteiger partial charge in [0.25, 0.3) is 0 Å². The molecule has 2 rings (SSSR count). The number of hydrogen-bond donors (Lipinski definition) is 1. The fourth-order valence-corrected chi connectivity index (χ4v) is 2.00. The maximum atomic E-state index is 13.4.